The van der Waals surface area contributed by atoms with Gasteiger partial charge in [0.25, 0.3) is 0 Å². The number of rotatable bonds is 3. The van der Waals surface area contributed by atoms with Gasteiger partial charge in [-0.05, 0) is 0 Å². The molecule has 0 fully saturated rings. The fourth-order valence-electron chi connectivity index (χ4n) is 1.96. The van der Waals surface area contributed by atoms with Crippen molar-refractivity contribution >= 4 is 11.6 Å². The Morgan fingerprint density at radius 3 is 2.60 bits per heavy atom. The van der Waals surface area contributed by atoms with Gasteiger partial charge in [-0.1, -0.05) is 41.9 Å². The van der Waals surface area contributed by atoms with E-state index in [1.807, 2.05) is 30.3 Å². The number of hydrogen-bond acceptors (Lipinski definition) is 4. The topological polar surface area (TPSA) is 63.8 Å². The smallest absolute Gasteiger partial charge is 0.158 e. The fourth-order valence-corrected chi connectivity index (χ4v) is 2.23. The number of nitrogens with zero attached hydrogens (tertiary/aromatic N) is 4. The third-order valence-corrected chi connectivity index (χ3v) is 3.30. The summed E-state index contributed by atoms with van der Waals surface area (Å²) >= 11 is 6.29. The zero-order valence-electron chi connectivity index (χ0n) is 10.4. The van der Waals surface area contributed by atoms with Gasteiger partial charge in [0.15, 0.2) is 5.82 Å². The average Bonchev–Trinajstić information content (AvgIpc) is 2.86. The summed E-state index contributed by atoms with van der Waals surface area (Å²) in [7, 11) is 0. The van der Waals surface area contributed by atoms with Crippen molar-refractivity contribution < 1.29 is 5.11 Å². The predicted octanol–water partition coefficient (Wildman–Crippen LogP) is 2.48. The number of aliphatic hydroxyl groups excluding tert-OH is 1. The van der Waals surface area contributed by atoms with Crippen LogP contribution in [0.2, 0.25) is 5.15 Å². The van der Waals surface area contributed by atoms with Crippen LogP contribution in [0.25, 0.3) is 17.1 Å². The number of benzene rings is 1. The minimum atomic E-state index is -0.186. The second-order valence-corrected chi connectivity index (χ2v) is 4.48. The van der Waals surface area contributed by atoms with Crippen molar-refractivity contribution in [3.63, 3.8) is 0 Å². The minimum absolute atomic E-state index is 0.186. The van der Waals surface area contributed by atoms with Crippen LogP contribution < -0.4 is 0 Å². The average molecular weight is 287 g/mol. The zero-order chi connectivity index (χ0) is 13.9. The number of halogens is 1. The van der Waals surface area contributed by atoms with Crippen molar-refractivity contribution in [3.8, 4) is 17.1 Å². The number of aliphatic hydroxyl groups is 1. The van der Waals surface area contributed by atoms with Crippen molar-refractivity contribution in [1.82, 2.24) is 19.7 Å². The summed E-state index contributed by atoms with van der Waals surface area (Å²) in [6.45, 7) is -0.186. The van der Waals surface area contributed by atoms with Gasteiger partial charge in [-0.2, -0.15) is 5.10 Å². The Kier molecular flexibility index (Phi) is 3.45. The van der Waals surface area contributed by atoms with E-state index in [1.165, 1.54) is 11.0 Å². The molecule has 0 aliphatic rings. The summed E-state index contributed by atoms with van der Waals surface area (Å²) in [4.78, 5) is 7.98. The molecule has 0 radical (unpaired) electrons. The first kappa shape index (κ1) is 12.8. The second-order valence-electron chi connectivity index (χ2n) is 4.12. The summed E-state index contributed by atoms with van der Waals surface area (Å²) < 4.78 is 1.50. The van der Waals surface area contributed by atoms with Crippen LogP contribution in [0, 0.1) is 0 Å². The van der Waals surface area contributed by atoms with Crippen molar-refractivity contribution in [1.29, 1.82) is 0 Å². The van der Waals surface area contributed by atoms with Crippen LogP contribution in [0.15, 0.2) is 48.9 Å². The van der Waals surface area contributed by atoms with Gasteiger partial charge in [0, 0.05) is 23.4 Å². The van der Waals surface area contributed by atoms with E-state index in [-0.39, 0.29) is 6.61 Å². The molecule has 6 heteroatoms. The molecule has 2 aromatic heterocycles. The lowest BCUT2D eigenvalue weighted by Gasteiger charge is -2.00. The maximum atomic E-state index is 9.55. The summed E-state index contributed by atoms with van der Waals surface area (Å²) in [5, 5.41) is 14.4. The summed E-state index contributed by atoms with van der Waals surface area (Å²) in [6, 6.07) is 11.3. The van der Waals surface area contributed by atoms with E-state index in [2.05, 4.69) is 15.1 Å². The van der Waals surface area contributed by atoms with Gasteiger partial charge in [-0.3, -0.25) is 0 Å². The molecule has 2 heterocycles. The Hall–Kier alpha value is -2.24. The molecule has 1 aromatic carbocycles. The summed E-state index contributed by atoms with van der Waals surface area (Å²) in [5.41, 5.74) is 2.12. The van der Waals surface area contributed by atoms with E-state index >= 15 is 0 Å². The van der Waals surface area contributed by atoms with Gasteiger partial charge in [0.2, 0.25) is 0 Å². The molecule has 0 unspecified atom stereocenters. The number of hydrogen-bond donors (Lipinski definition) is 1. The maximum Gasteiger partial charge on any atom is 0.158 e. The number of aromatic nitrogens is 4. The summed E-state index contributed by atoms with van der Waals surface area (Å²) in [5.74, 6) is 0.557. The molecule has 3 aromatic rings. The minimum Gasteiger partial charge on any atom is -0.391 e. The van der Waals surface area contributed by atoms with Crippen LogP contribution in [-0.2, 0) is 6.61 Å². The van der Waals surface area contributed by atoms with Crippen molar-refractivity contribution in [2.45, 2.75) is 6.61 Å². The van der Waals surface area contributed by atoms with Crippen LogP contribution in [0.1, 0.15) is 5.56 Å². The second kappa shape index (κ2) is 5.40. The lowest BCUT2D eigenvalue weighted by Crippen LogP contribution is -1.99. The van der Waals surface area contributed by atoms with Crippen LogP contribution in [-0.4, -0.2) is 24.9 Å². The molecule has 0 aliphatic carbocycles. The maximum absolute atomic E-state index is 9.55. The van der Waals surface area contributed by atoms with Crippen LogP contribution in [0.4, 0.5) is 0 Å². The van der Waals surface area contributed by atoms with Crippen LogP contribution in [0.5, 0.6) is 0 Å². The Labute approximate surface area is 120 Å². The first-order chi connectivity index (χ1) is 9.81. The lowest BCUT2D eigenvalue weighted by atomic mass is 10.1. The molecule has 0 aliphatic heterocycles. The van der Waals surface area contributed by atoms with Crippen molar-refractivity contribution in [3.05, 3.63) is 59.6 Å². The Balaban J connectivity index is 2.18. The van der Waals surface area contributed by atoms with E-state index < -0.39 is 0 Å². The Bertz CT molecular complexity index is 713. The first-order valence-corrected chi connectivity index (χ1v) is 6.39. The van der Waals surface area contributed by atoms with Gasteiger partial charge in [-0.15, -0.1) is 0 Å². The third-order valence-electron chi connectivity index (χ3n) is 2.91. The van der Waals surface area contributed by atoms with Gasteiger partial charge < -0.3 is 5.11 Å². The molecule has 0 saturated heterocycles. The molecule has 1 N–H and O–H groups in total. The normalized spacial score (nSPS) is 10.7. The molecule has 0 spiro atoms. The highest BCUT2D eigenvalue weighted by Crippen LogP contribution is 2.30. The monoisotopic (exact) mass is 286 g/mol. The van der Waals surface area contributed by atoms with Crippen LogP contribution >= 0.6 is 11.6 Å². The standard InChI is InChI=1S/C14H11ClN4O/c15-14-11(8-20)13(10-4-2-1-3-5-10)18-19(14)12-6-7-16-9-17-12/h1-7,9,20H,8H2. The van der Waals surface area contributed by atoms with Gasteiger partial charge in [0.05, 0.1) is 12.3 Å². The highest BCUT2D eigenvalue weighted by atomic mass is 35.5. The SMILES string of the molecule is OCc1c(-c2ccccc2)nn(-c2ccncn2)c1Cl. The van der Waals surface area contributed by atoms with E-state index in [1.54, 1.807) is 12.3 Å². The molecule has 0 atom stereocenters. The lowest BCUT2D eigenvalue weighted by molar-refractivity contribution is 0.282. The Morgan fingerprint density at radius 1 is 1.15 bits per heavy atom. The molecule has 0 bridgehead atoms. The van der Waals surface area contributed by atoms with Crippen molar-refractivity contribution in [2.75, 3.05) is 0 Å². The summed E-state index contributed by atoms with van der Waals surface area (Å²) in [6.07, 6.45) is 3.04. The molecule has 5 nitrogen and oxygen atoms in total. The highest BCUT2D eigenvalue weighted by Gasteiger charge is 2.18. The van der Waals surface area contributed by atoms with Crippen LogP contribution in [0.3, 0.4) is 0 Å². The zero-order valence-corrected chi connectivity index (χ0v) is 11.2. The van der Waals surface area contributed by atoms with E-state index in [9.17, 15) is 5.11 Å². The fraction of sp³-hybridized carbons (Fsp3) is 0.0714. The van der Waals surface area contributed by atoms with E-state index in [4.69, 9.17) is 11.6 Å². The predicted molar refractivity (Wildman–Crippen MR) is 75.5 cm³/mol. The molecule has 20 heavy (non-hydrogen) atoms. The van der Waals surface area contributed by atoms with Crippen molar-refractivity contribution in [2.24, 2.45) is 0 Å². The molecular formula is C14H11ClN4O. The molecule has 3 rings (SSSR count). The third kappa shape index (κ3) is 2.17. The molecule has 0 saturated carbocycles. The first-order valence-electron chi connectivity index (χ1n) is 6.01. The molecule has 0 amide bonds. The van der Waals surface area contributed by atoms with Gasteiger partial charge >= 0.3 is 0 Å². The Morgan fingerprint density at radius 2 is 1.95 bits per heavy atom. The quantitative estimate of drug-likeness (QED) is 0.803. The van der Waals surface area contributed by atoms with Gasteiger partial charge in [0.1, 0.15) is 11.5 Å². The highest BCUT2D eigenvalue weighted by molar-refractivity contribution is 6.31. The van der Waals surface area contributed by atoms with Gasteiger partial charge in [-0.25, -0.2) is 14.6 Å². The van der Waals surface area contributed by atoms with E-state index in [0.29, 0.717) is 22.2 Å². The molecular weight excluding hydrogens is 276 g/mol. The largest absolute Gasteiger partial charge is 0.391 e. The molecule has 100 valence electrons. The van der Waals surface area contributed by atoms with E-state index in [0.717, 1.165) is 5.56 Å².